The maximum Gasteiger partial charge on any atom is 0.261 e. The van der Waals surface area contributed by atoms with E-state index in [0.29, 0.717) is 5.57 Å². The summed E-state index contributed by atoms with van der Waals surface area (Å²) in [5.41, 5.74) is -1.09. The monoisotopic (exact) mass is 540 g/mol. The molecule has 6 nitrogen and oxygen atoms in total. The van der Waals surface area contributed by atoms with Gasteiger partial charge >= 0.3 is 0 Å². The number of hydrogen-bond donors (Lipinski definition) is 1. The van der Waals surface area contributed by atoms with Crippen LogP contribution in [0.2, 0.25) is 5.04 Å². The van der Waals surface area contributed by atoms with Crippen LogP contribution in [0.5, 0.6) is 0 Å². The van der Waals surface area contributed by atoms with Gasteiger partial charge in [-0.3, -0.25) is 0 Å². The number of ether oxygens (including phenoxy) is 4. The minimum absolute atomic E-state index is 0.202. The van der Waals surface area contributed by atoms with Gasteiger partial charge < -0.3 is 28.5 Å². The molecule has 2 heterocycles. The third-order valence-electron chi connectivity index (χ3n) is 7.71. The van der Waals surface area contributed by atoms with Crippen molar-refractivity contribution in [2.24, 2.45) is 0 Å². The van der Waals surface area contributed by atoms with Crippen LogP contribution in [0.1, 0.15) is 55.4 Å². The van der Waals surface area contributed by atoms with Crippen LogP contribution in [0.15, 0.2) is 72.8 Å². The highest BCUT2D eigenvalue weighted by Crippen LogP contribution is 2.44. The van der Waals surface area contributed by atoms with Gasteiger partial charge in [-0.25, -0.2) is 0 Å². The van der Waals surface area contributed by atoms with Crippen molar-refractivity contribution in [2.45, 2.75) is 95.9 Å². The van der Waals surface area contributed by atoms with Gasteiger partial charge in [0.1, 0.15) is 23.9 Å². The van der Waals surface area contributed by atoms with E-state index < -0.39 is 43.8 Å². The molecule has 208 valence electrons. The molecule has 0 spiro atoms. The average Bonchev–Trinajstić information content (AvgIpc) is 3.40. The summed E-state index contributed by atoms with van der Waals surface area (Å²) in [5.74, 6) is -1.66. The normalized spacial score (nSPS) is 25.6. The molecule has 0 amide bonds. The molecule has 0 saturated carbocycles. The highest BCUT2D eigenvalue weighted by atomic mass is 28.4. The van der Waals surface area contributed by atoms with Gasteiger partial charge in [-0.2, -0.15) is 0 Å². The molecule has 4 rings (SSSR count). The van der Waals surface area contributed by atoms with Crippen molar-refractivity contribution in [2.75, 3.05) is 13.2 Å². The zero-order chi connectivity index (χ0) is 28.0. The van der Waals surface area contributed by atoms with Gasteiger partial charge in [-0.1, -0.05) is 88.0 Å². The van der Waals surface area contributed by atoms with Crippen LogP contribution in [-0.4, -0.2) is 62.1 Å². The van der Waals surface area contributed by atoms with E-state index in [1.807, 2.05) is 71.0 Å². The second-order valence-corrected chi connectivity index (χ2v) is 16.7. The van der Waals surface area contributed by atoms with Gasteiger partial charge in [0.25, 0.3) is 8.32 Å². The molecule has 7 heteroatoms. The van der Waals surface area contributed by atoms with Crippen LogP contribution in [0.25, 0.3) is 0 Å². The van der Waals surface area contributed by atoms with Crippen LogP contribution >= 0.6 is 0 Å². The summed E-state index contributed by atoms with van der Waals surface area (Å²) in [5, 5.41) is 14.6. The summed E-state index contributed by atoms with van der Waals surface area (Å²) < 4.78 is 32.2. The number of rotatable bonds is 8. The van der Waals surface area contributed by atoms with Crippen molar-refractivity contribution in [3.63, 3.8) is 0 Å². The van der Waals surface area contributed by atoms with Gasteiger partial charge in [0.2, 0.25) is 0 Å². The smallest absolute Gasteiger partial charge is 0.261 e. The molecule has 2 aromatic carbocycles. The Morgan fingerprint density at radius 2 is 1.37 bits per heavy atom. The molecular formula is C31H44O6Si. The van der Waals surface area contributed by atoms with Crippen molar-refractivity contribution in [1.29, 1.82) is 0 Å². The van der Waals surface area contributed by atoms with Gasteiger partial charge in [0.15, 0.2) is 11.6 Å². The van der Waals surface area contributed by atoms with Crippen LogP contribution in [-0.2, 0) is 23.4 Å². The number of hydrogen-bond acceptors (Lipinski definition) is 6. The Kier molecular flexibility index (Phi) is 7.89. The minimum Gasteiger partial charge on any atom is -0.398 e. The summed E-state index contributed by atoms with van der Waals surface area (Å²) >= 11 is 0. The molecule has 38 heavy (non-hydrogen) atoms. The maximum absolute atomic E-state index is 12.7. The van der Waals surface area contributed by atoms with Crippen molar-refractivity contribution < 1.29 is 28.5 Å². The molecule has 2 aliphatic heterocycles. The standard InChI is InChI=1S/C31H44O6Si/c1-22(2)31(32,26-21-34-30(8,9)36-26)27(25-20-33-29(6,7)35-25)37-38(28(3,4)5,23-16-12-10-13-17-23)24-18-14-11-15-19-24/h10-19,25-27,32H,1,20-21H2,2-9H3/t25-,26-,27-,31-/m1/s1. The van der Waals surface area contributed by atoms with E-state index in [4.69, 9.17) is 23.4 Å². The maximum atomic E-state index is 12.7. The van der Waals surface area contributed by atoms with Crippen LogP contribution in [0.3, 0.4) is 0 Å². The quantitative estimate of drug-likeness (QED) is 0.392. The first kappa shape index (κ1) is 29.1. The van der Waals surface area contributed by atoms with E-state index in [0.717, 1.165) is 10.4 Å². The lowest BCUT2D eigenvalue weighted by atomic mass is 9.82. The lowest BCUT2D eigenvalue weighted by Gasteiger charge is -2.50. The van der Waals surface area contributed by atoms with Crippen LogP contribution < -0.4 is 10.4 Å². The highest BCUT2D eigenvalue weighted by Gasteiger charge is 2.61. The van der Waals surface area contributed by atoms with E-state index in [1.165, 1.54) is 0 Å². The fourth-order valence-corrected chi connectivity index (χ4v) is 10.5. The molecular weight excluding hydrogens is 496 g/mol. The van der Waals surface area contributed by atoms with Gasteiger partial charge in [0.05, 0.1) is 13.2 Å². The third kappa shape index (κ3) is 5.30. The first-order valence-corrected chi connectivity index (χ1v) is 15.3. The first-order valence-electron chi connectivity index (χ1n) is 13.4. The Morgan fingerprint density at radius 1 is 0.895 bits per heavy atom. The third-order valence-corrected chi connectivity index (χ3v) is 12.7. The van der Waals surface area contributed by atoms with Gasteiger partial charge in [-0.15, -0.1) is 0 Å². The lowest BCUT2D eigenvalue weighted by molar-refractivity contribution is -0.203. The topological polar surface area (TPSA) is 66.4 Å². The fourth-order valence-electron chi connectivity index (χ4n) is 5.80. The molecule has 4 atom stereocenters. The molecule has 0 aliphatic carbocycles. The highest BCUT2D eigenvalue weighted by molar-refractivity contribution is 6.99. The summed E-state index contributed by atoms with van der Waals surface area (Å²) in [6.07, 6.45) is -2.12. The first-order chi connectivity index (χ1) is 17.6. The van der Waals surface area contributed by atoms with Crippen LogP contribution in [0.4, 0.5) is 0 Å². The predicted molar refractivity (Wildman–Crippen MR) is 152 cm³/mol. The van der Waals surface area contributed by atoms with Crippen molar-refractivity contribution >= 4 is 18.7 Å². The Bertz CT molecular complexity index is 1070. The summed E-state index contributed by atoms with van der Waals surface area (Å²) in [7, 11) is -3.10. The van der Waals surface area contributed by atoms with E-state index in [1.54, 1.807) is 0 Å². The molecule has 0 radical (unpaired) electrons. The fraction of sp³-hybridized carbons (Fsp3) is 0.548. The van der Waals surface area contributed by atoms with E-state index >= 15 is 0 Å². The molecule has 2 fully saturated rings. The number of aliphatic hydroxyl groups is 1. The molecule has 1 N–H and O–H groups in total. The Balaban J connectivity index is 1.95. The molecule has 2 saturated heterocycles. The predicted octanol–water partition coefficient (Wildman–Crippen LogP) is 4.54. The lowest BCUT2D eigenvalue weighted by Crippen LogP contribution is -2.72. The van der Waals surface area contributed by atoms with Crippen molar-refractivity contribution in [3.8, 4) is 0 Å². The SMILES string of the molecule is C=C(C)[C@](O)([C@H](O[Si](c1ccccc1)(c1ccccc1)C(C)(C)C)[C@H]1COC(C)(C)O1)[C@H]1COC(C)(C)O1. The largest absolute Gasteiger partial charge is 0.398 e. The van der Waals surface area contributed by atoms with Gasteiger partial charge in [-0.05, 0) is 55.6 Å². The Labute approximate surface area is 229 Å². The van der Waals surface area contributed by atoms with E-state index in [9.17, 15) is 5.11 Å². The van der Waals surface area contributed by atoms with Crippen LogP contribution in [0, 0.1) is 0 Å². The molecule has 0 aromatic heterocycles. The number of benzene rings is 2. The average molecular weight is 541 g/mol. The molecule has 0 unspecified atom stereocenters. The zero-order valence-corrected chi connectivity index (χ0v) is 25.1. The van der Waals surface area contributed by atoms with Crippen molar-refractivity contribution in [1.82, 2.24) is 0 Å². The molecule has 0 bridgehead atoms. The van der Waals surface area contributed by atoms with E-state index in [-0.39, 0.29) is 18.3 Å². The second-order valence-electron chi connectivity index (χ2n) is 12.5. The van der Waals surface area contributed by atoms with E-state index in [2.05, 4.69) is 51.6 Å². The van der Waals surface area contributed by atoms with Crippen molar-refractivity contribution in [3.05, 3.63) is 72.8 Å². The minimum atomic E-state index is -3.10. The summed E-state index contributed by atoms with van der Waals surface area (Å²) in [6, 6.07) is 20.7. The zero-order valence-electron chi connectivity index (χ0n) is 24.1. The molecule has 2 aromatic rings. The Hall–Kier alpha value is -1.84. The second kappa shape index (κ2) is 10.3. The Morgan fingerprint density at radius 3 is 1.74 bits per heavy atom. The van der Waals surface area contributed by atoms with Gasteiger partial charge in [0, 0.05) is 0 Å². The summed E-state index contributed by atoms with van der Waals surface area (Å²) in [6.45, 7) is 20.6. The molecule has 2 aliphatic rings. The summed E-state index contributed by atoms with van der Waals surface area (Å²) in [4.78, 5) is 0.